The largest absolute Gasteiger partial charge is 0.455 e. The Kier molecular flexibility index (Phi) is 13.6. The van der Waals surface area contributed by atoms with Gasteiger partial charge in [0, 0.05) is 39.0 Å². The summed E-state index contributed by atoms with van der Waals surface area (Å²) in [5, 5.41) is 38.0. The molecule has 69 heavy (non-hydrogen) atoms. The number of ether oxygens (including phenoxy) is 6. The summed E-state index contributed by atoms with van der Waals surface area (Å²) in [4.78, 5) is 111. The van der Waals surface area contributed by atoms with Crippen molar-refractivity contribution < 1.29 is 77.0 Å². The zero-order valence-corrected chi connectivity index (χ0v) is 38.9. The van der Waals surface area contributed by atoms with Gasteiger partial charge in [-0.1, -0.05) is 62.4 Å². The van der Waals surface area contributed by atoms with E-state index in [-0.39, 0.29) is 39.8 Å². The fourth-order valence-electron chi connectivity index (χ4n) is 10.6. The molecule has 1 aliphatic heterocycles. The molecule has 0 spiro atoms. The van der Waals surface area contributed by atoms with Crippen molar-refractivity contribution in [2.24, 2.45) is 16.7 Å². The number of rotatable bonds is 12. The van der Waals surface area contributed by atoms with Gasteiger partial charge in [0.2, 0.25) is 11.9 Å². The number of ketones is 2. The maximum atomic E-state index is 15.7. The van der Waals surface area contributed by atoms with Crippen LogP contribution in [0.1, 0.15) is 99.2 Å². The van der Waals surface area contributed by atoms with E-state index in [9.17, 15) is 44.2 Å². The Morgan fingerprint density at radius 2 is 1.43 bits per heavy atom. The van der Waals surface area contributed by atoms with Crippen LogP contribution < -0.4 is 5.32 Å². The number of fused-ring (bicyclic) bond motifs is 5. The summed E-state index contributed by atoms with van der Waals surface area (Å²) in [6.07, 6.45) is -11.3. The van der Waals surface area contributed by atoms with E-state index in [2.05, 4.69) is 5.32 Å². The minimum atomic E-state index is -2.54. The molecule has 2 saturated carbocycles. The minimum Gasteiger partial charge on any atom is -0.455 e. The third-order valence-electron chi connectivity index (χ3n) is 14.2. The molecule has 0 aromatic heterocycles. The number of aliphatic hydroxyl groups excluding tert-OH is 1. The Labute approximate surface area is 396 Å². The summed E-state index contributed by atoms with van der Waals surface area (Å²) < 4.78 is 36.4. The van der Waals surface area contributed by atoms with E-state index >= 15 is 9.59 Å². The van der Waals surface area contributed by atoms with E-state index in [4.69, 9.17) is 28.4 Å². The van der Waals surface area contributed by atoms with Gasteiger partial charge in [-0.05, 0) is 67.0 Å². The summed E-state index contributed by atoms with van der Waals surface area (Å²) in [7, 11) is 0. The lowest BCUT2D eigenvalue weighted by Crippen LogP contribution is -2.82. The van der Waals surface area contributed by atoms with Crippen molar-refractivity contribution in [1.82, 2.24) is 5.32 Å². The van der Waals surface area contributed by atoms with Gasteiger partial charge in [-0.3, -0.25) is 24.0 Å². The van der Waals surface area contributed by atoms with Gasteiger partial charge in [0.25, 0.3) is 5.91 Å². The number of esters is 5. The van der Waals surface area contributed by atoms with Crippen LogP contribution in [0.5, 0.6) is 0 Å². The number of nitrogens with one attached hydrogen (secondary N) is 1. The first-order valence-corrected chi connectivity index (χ1v) is 22.2. The van der Waals surface area contributed by atoms with E-state index in [0.717, 1.165) is 20.8 Å². The SMILES string of the molecule is CC(=O)O[C@H]1C(=O)[C@@]2(C)[C@H]([C@H](OC(=O)c3ccc(C#N)cc3)[C@]3(O)C[C@H](OC(=O)[C@H](OC(=O)c4ccccc4)[C@@H](NC(=O)C(C)=O)c4ccccc4)C(C)=C1C3(C)C)[C@]1(OC(C)=O)CO[C@@H]1C[C@@H]2O. The quantitative estimate of drug-likeness (QED) is 0.101. The van der Waals surface area contributed by atoms with Crippen molar-refractivity contribution in [1.29, 1.82) is 5.26 Å². The monoisotopic (exact) mass is 948 g/mol. The zero-order chi connectivity index (χ0) is 50.4. The van der Waals surface area contributed by atoms with Gasteiger partial charge in [0.15, 0.2) is 17.5 Å². The molecule has 0 radical (unpaired) electrons. The highest BCUT2D eigenvalue weighted by Crippen LogP contribution is 2.64. The van der Waals surface area contributed by atoms with Crippen LogP contribution in [-0.2, 0) is 57.2 Å². The number of benzene rings is 3. The lowest BCUT2D eigenvalue weighted by atomic mass is 9.44. The first kappa shape index (κ1) is 49.8. The van der Waals surface area contributed by atoms with E-state index < -0.39 is 131 Å². The summed E-state index contributed by atoms with van der Waals surface area (Å²) in [5.74, 6) is -9.91. The molecule has 0 unspecified atom stereocenters. The smallest absolute Gasteiger partial charge is 0.350 e. The van der Waals surface area contributed by atoms with Crippen LogP contribution in [-0.4, -0.2) is 112 Å². The average molecular weight is 949 g/mol. The molecule has 11 atom stereocenters. The third-order valence-corrected chi connectivity index (χ3v) is 14.2. The molecule has 3 aliphatic carbocycles. The summed E-state index contributed by atoms with van der Waals surface area (Å²) >= 11 is 0. The van der Waals surface area contributed by atoms with E-state index in [1.54, 1.807) is 36.4 Å². The molecule has 1 heterocycles. The van der Waals surface area contributed by atoms with Crippen LogP contribution in [0, 0.1) is 28.1 Å². The van der Waals surface area contributed by atoms with Gasteiger partial charge in [-0.25, -0.2) is 14.4 Å². The molecule has 7 rings (SSSR count). The van der Waals surface area contributed by atoms with E-state index in [1.807, 2.05) is 6.07 Å². The second kappa shape index (κ2) is 18.8. The topological polar surface area (TPSA) is 268 Å². The van der Waals surface area contributed by atoms with Crippen LogP contribution in [0.4, 0.5) is 0 Å². The van der Waals surface area contributed by atoms with Crippen LogP contribution in [0.15, 0.2) is 96.1 Å². The van der Waals surface area contributed by atoms with Gasteiger partial charge >= 0.3 is 29.8 Å². The van der Waals surface area contributed by atoms with E-state index in [0.29, 0.717) is 0 Å². The standard InChI is InChI=1S/C51H52N2O16/c1-26-34(66-47(62)40(67-45(60)32-16-12-9-13-17-32)38(53-44(59)27(2)54)31-14-10-8-11-15-31)23-51(63)43(68-46(61)33-20-18-30(24-52)19-21-33)41-49(7,35(57)22-36-50(41,25-64-36)69-29(4)56)42(58)39(65-28(3)55)37(26)48(51,5)6/h8-21,34-36,38-41,43,57,63H,22-23,25H2,1-7H3,(H,53,59)/t34-,35-,36+,38-,39+,40+,41-,43-,49+,50-,51+/m0/s1. The number of carbonyl (C=O) groups is 8. The molecule has 362 valence electrons. The maximum Gasteiger partial charge on any atom is 0.350 e. The fraction of sp³-hybridized carbons (Fsp3) is 0.431. The minimum absolute atomic E-state index is 0.00154. The Morgan fingerprint density at radius 3 is 1.99 bits per heavy atom. The Morgan fingerprint density at radius 1 is 0.826 bits per heavy atom. The molecule has 1 saturated heterocycles. The normalized spacial score (nSPS) is 29.5. The van der Waals surface area contributed by atoms with Crippen LogP contribution in [0.2, 0.25) is 0 Å². The zero-order valence-electron chi connectivity index (χ0n) is 38.9. The Hall–Kier alpha value is -7.07. The van der Waals surface area contributed by atoms with Gasteiger partial charge in [-0.2, -0.15) is 5.26 Å². The molecule has 4 aliphatic rings. The number of nitriles is 1. The molecular formula is C51H52N2O16. The number of Topliss-reactive ketones (excluding diaryl/α,β-unsaturated/α-hetero) is 2. The highest BCUT2D eigenvalue weighted by atomic mass is 16.6. The summed E-state index contributed by atoms with van der Waals surface area (Å²) in [6.45, 7) is 8.56. The second-order valence-corrected chi connectivity index (χ2v) is 18.6. The number of carbonyl (C=O) groups excluding carboxylic acids is 8. The molecule has 3 N–H and O–H groups in total. The van der Waals surface area contributed by atoms with Crippen molar-refractivity contribution in [3.63, 3.8) is 0 Å². The van der Waals surface area contributed by atoms with Crippen molar-refractivity contribution in [3.05, 3.63) is 118 Å². The van der Waals surface area contributed by atoms with Gasteiger partial charge < -0.3 is 44.0 Å². The van der Waals surface area contributed by atoms with Crippen molar-refractivity contribution >= 4 is 47.3 Å². The molecule has 3 aromatic carbocycles. The number of amides is 1. The average Bonchev–Trinajstić information content (AvgIpc) is 3.31. The Bertz CT molecular complexity index is 2660. The number of aliphatic hydroxyl groups is 2. The Balaban J connectivity index is 1.44. The molecule has 18 heteroatoms. The number of hydrogen-bond donors (Lipinski definition) is 3. The lowest BCUT2D eigenvalue weighted by Gasteiger charge is -2.67. The summed E-state index contributed by atoms with van der Waals surface area (Å²) in [5.41, 5.74) is -8.08. The third kappa shape index (κ3) is 8.70. The van der Waals surface area contributed by atoms with Crippen molar-refractivity contribution in [3.8, 4) is 6.07 Å². The first-order valence-electron chi connectivity index (χ1n) is 22.2. The van der Waals surface area contributed by atoms with E-state index in [1.165, 1.54) is 76.2 Å². The van der Waals surface area contributed by atoms with Gasteiger partial charge in [0.05, 0.1) is 46.8 Å². The highest BCUT2D eigenvalue weighted by molar-refractivity contribution is 6.35. The molecule has 3 fully saturated rings. The molecule has 18 nitrogen and oxygen atoms in total. The second-order valence-electron chi connectivity index (χ2n) is 18.6. The van der Waals surface area contributed by atoms with Crippen LogP contribution in [0.3, 0.4) is 0 Å². The fourth-order valence-corrected chi connectivity index (χ4v) is 10.6. The summed E-state index contributed by atoms with van der Waals surface area (Å²) in [6, 6.07) is 21.1. The molecule has 1 amide bonds. The predicted molar refractivity (Wildman–Crippen MR) is 237 cm³/mol. The van der Waals surface area contributed by atoms with Crippen LogP contribution >= 0.6 is 0 Å². The molecule has 3 aromatic rings. The predicted octanol–water partition coefficient (Wildman–Crippen LogP) is 3.75. The van der Waals surface area contributed by atoms with Gasteiger partial charge in [0.1, 0.15) is 30.0 Å². The highest BCUT2D eigenvalue weighted by Gasteiger charge is 2.78. The maximum absolute atomic E-state index is 15.7. The first-order chi connectivity index (χ1) is 32.5. The number of hydrogen-bond acceptors (Lipinski definition) is 17. The van der Waals surface area contributed by atoms with Gasteiger partial charge in [-0.15, -0.1) is 0 Å². The van der Waals surface area contributed by atoms with Crippen molar-refractivity contribution in [2.45, 2.75) is 115 Å². The molecular weight excluding hydrogens is 897 g/mol. The molecule has 2 bridgehead atoms. The van der Waals surface area contributed by atoms with Crippen molar-refractivity contribution in [2.75, 3.05) is 6.61 Å². The number of nitrogens with zero attached hydrogens (tertiary/aromatic N) is 1. The lowest BCUT2D eigenvalue weighted by molar-refractivity contribution is -0.346. The van der Waals surface area contributed by atoms with Crippen LogP contribution in [0.25, 0.3) is 0 Å².